The highest BCUT2D eigenvalue weighted by Gasteiger charge is 2.19. The zero-order valence-corrected chi connectivity index (χ0v) is 16.2. The molecule has 0 spiro atoms. The van der Waals surface area contributed by atoms with Gasteiger partial charge in [0.05, 0.1) is 23.9 Å². The van der Waals surface area contributed by atoms with E-state index in [0.29, 0.717) is 11.4 Å². The summed E-state index contributed by atoms with van der Waals surface area (Å²) in [6, 6.07) is 9.26. The minimum atomic E-state index is -0.561. The lowest BCUT2D eigenvalue weighted by Gasteiger charge is -2.07. The van der Waals surface area contributed by atoms with E-state index in [1.165, 1.54) is 17.7 Å². The second-order valence-electron chi connectivity index (χ2n) is 6.14. The van der Waals surface area contributed by atoms with Gasteiger partial charge in [-0.05, 0) is 12.0 Å². The Hall–Kier alpha value is -3.00. The second kappa shape index (κ2) is 9.27. The zero-order chi connectivity index (χ0) is 19.9. The zero-order valence-electron chi connectivity index (χ0n) is 15.4. The van der Waals surface area contributed by atoms with Crippen LogP contribution in [0, 0.1) is 0 Å². The minimum absolute atomic E-state index is 0.123. The Labute approximate surface area is 165 Å². The first-order chi connectivity index (χ1) is 13.6. The van der Waals surface area contributed by atoms with Gasteiger partial charge in [0.2, 0.25) is 0 Å². The Morgan fingerprint density at radius 3 is 2.71 bits per heavy atom. The molecule has 28 heavy (non-hydrogen) atoms. The van der Waals surface area contributed by atoms with E-state index >= 15 is 0 Å². The fourth-order valence-corrected chi connectivity index (χ4v) is 3.41. The van der Waals surface area contributed by atoms with E-state index in [9.17, 15) is 14.4 Å². The Morgan fingerprint density at radius 1 is 1.18 bits per heavy atom. The smallest absolute Gasteiger partial charge is 0.339 e. The molecule has 146 valence electrons. The highest BCUT2D eigenvalue weighted by atomic mass is 32.1. The molecule has 0 amide bonds. The van der Waals surface area contributed by atoms with E-state index in [2.05, 4.69) is 4.98 Å². The van der Waals surface area contributed by atoms with Gasteiger partial charge in [-0.3, -0.25) is 14.2 Å². The van der Waals surface area contributed by atoms with Crippen LogP contribution in [0.5, 0.6) is 0 Å². The Kier molecular flexibility index (Phi) is 6.54. The molecule has 0 saturated heterocycles. The average Bonchev–Trinajstić information content (AvgIpc) is 3.14. The number of esters is 2. The summed E-state index contributed by atoms with van der Waals surface area (Å²) < 4.78 is 11.6. The number of fused-ring (bicyclic) bond motifs is 1. The molecule has 3 rings (SSSR count). The summed E-state index contributed by atoms with van der Waals surface area (Å²) in [6.45, 7) is 2.13. The maximum atomic E-state index is 12.8. The van der Waals surface area contributed by atoms with Crippen molar-refractivity contribution in [2.75, 3.05) is 6.61 Å². The lowest BCUT2D eigenvalue weighted by molar-refractivity contribution is -0.145. The number of rotatable bonds is 8. The van der Waals surface area contributed by atoms with Crippen molar-refractivity contribution in [3.63, 3.8) is 0 Å². The lowest BCUT2D eigenvalue weighted by Crippen LogP contribution is -2.26. The first-order valence-electron chi connectivity index (χ1n) is 8.93. The second-order valence-corrected chi connectivity index (χ2v) is 7.00. The largest absolute Gasteiger partial charge is 0.462 e. The van der Waals surface area contributed by atoms with Gasteiger partial charge in [-0.15, -0.1) is 11.3 Å². The predicted octanol–water partition coefficient (Wildman–Crippen LogP) is 3.16. The summed E-state index contributed by atoms with van der Waals surface area (Å²) in [5.41, 5.74) is 0.567. The SMILES string of the molecule is CCCCOC(=O)c1csc2ncn(CC(=O)OCc3ccccc3)c(=O)c12. The molecule has 0 fully saturated rings. The number of nitrogens with zero attached hydrogens (tertiary/aromatic N) is 2. The fraction of sp³-hybridized carbons (Fsp3) is 0.300. The molecule has 0 unspecified atom stereocenters. The van der Waals surface area contributed by atoms with Crippen molar-refractivity contribution < 1.29 is 19.1 Å². The van der Waals surface area contributed by atoms with Crippen LogP contribution in [0.1, 0.15) is 35.7 Å². The van der Waals surface area contributed by atoms with Crippen LogP contribution >= 0.6 is 11.3 Å². The summed E-state index contributed by atoms with van der Waals surface area (Å²) in [7, 11) is 0. The molecule has 0 aliphatic rings. The lowest BCUT2D eigenvalue weighted by atomic mass is 10.2. The summed E-state index contributed by atoms with van der Waals surface area (Å²) >= 11 is 1.19. The van der Waals surface area contributed by atoms with Gasteiger partial charge in [0, 0.05) is 5.38 Å². The van der Waals surface area contributed by atoms with Crippen molar-refractivity contribution in [3.8, 4) is 0 Å². The van der Waals surface area contributed by atoms with Gasteiger partial charge in [0.25, 0.3) is 5.56 Å². The van der Waals surface area contributed by atoms with Gasteiger partial charge in [-0.1, -0.05) is 43.7 Å². The van der Waals surface area contributed by atoms with E-state index in [4.69, 9.17) is 9.47 Å². The maximum Gasteiger partial charge on any atom is 0.339 e. The van der Waals surface area contributed by atoms with E-state index in [1.54, 1.807) is 5.38 Å². The first kappa shape index (κ1) is 19.8. The van der Waals surface area contributed by atoms with Crippen molar-refractivity contribution in [2.45, 2.75) is 32.9 Å². The monoisotopic (exact) mass is 400 g/mol. The Bertz CT molecular complexity index is 1030. The Balaban J connectivity index is 1.74. The number of unbranched alkanes of at least 4 members (excludes halogenated alkanes) is 1. The van der Waals surface area contributed by atoms with Crippen molar-refractivity contribution in [2.24, 2.45) is 0 Å². The molecule has 0 saturated carbocycles. The molecule has 3 aromatic rings. The molecule has 0 aliphatic heterocycles. The van der Waals surface area contributed by atoms with E-state index in [-0.39, 0.29) is 24.1 Å². The summed E-state index contributed by atoms with van der Waals surface area (Å²) in [5, 5.41) is 1.73. The van der Waals surface area contributed by atoms with Crippen molar-refractivity contribution in [1.82, 2.24) is 9.55 Å². The van der Waals surface area contributed by atoms with Crippen LogP contribution in [0.25, 0.3) is 10.2 Å². The third kappa shape index (κ3) is 4.64. The molecule has 8 heteroatoms. The molecule has 0 radical (unpaired) electrons. The minimum Gasteiger partial charge on any atom is -0.462 e. The third-order valence-electron chi connectivity index (χ3n) is 4.05. The predicted molar refractivity (Wildman–Crippen MR) is 105 cm³/mol. The van der Waals surface area contributed by atoms with Crippen LogP contribution < -0.4 is 5.56 Å². The average molecular weight is 400 g/mol. The molecule has 0 bridgehead atoms. The van der Waals surface area contributed by atoms with Gasteiger partial charge in [-0.2, -0.15) is 0 Å². The van der Waals surface area contributed by atoms with E-state index in [0.717, 1.165) is 23.0 Å². The number of ether oxygens (including phenoxy) is 2. The first-order valence-corrected chi connectivity index (χ1v) is 9.81. The third-order valence-corrected chi connectivity index (χ3v) is 4.94. The van der Waals surface area contributed by atoms with E-state index in [1.807, 2.05) is 37.3 Å². The molecule has 0 N–H and O–H groups in total. The van der Waals surface area contributed by atoms with Gasteiger partial charge in [0.15, 0.2) is 0 Å². The summed E-state index contributed by atoms with van der Waals surface area (Å²) in [6.07, 6.45) is 2.94. The fourth-order valence-electron chi connectivity index (χ4n) is 2.54. The standard InChI is InChI=1S/C20H20N2O5S/c1-2-3-9-26-20(25)15-12-28-18-17(15)19(24)22(13-21-18)10-16(23)27-11-14-7-5-4-6-8-14/h4-8,12-13H,2-3,9-11H2,1H3. The van der Waals surface area contributed by atoms with Crippen molar-refractivity contribution in [3.05, 3.63) is 63.5 Å². The topological polar surface area (TPSA) is 87.5 Å². The van der Waals surface area contributed by atoms with Crippen LogP contribution in [0.3, 0.4) is 0 Å². The van der Waals surface area contributed by atoms with Gasteiger partial charge >= 0.3 is 11.9 Å². The van der Waals surface area contributed by atoms with Crippen LogP contribution in [0.2, 0.25) is 0 Å². The molecule has 0 atom stereocenters. The number of aromatic nitrogens is 2. The Morgan fingerprint density at radius 2 is 1.96 bits per heavy atom. The summed E-state index contributed by atoms with van der Waals surface area (Å²) in [5.74, 6) is -1.11. The molecule has 1 aromatic carbocycles. The van der Waals surface area contributed by atoms with Crippen molar-refractivity contribution in [1.29, 1.82) is 0 Å². The molecule has 7 nitrogen and oxygen atoms in total. The molecular formula is C20H20N2O5S. The number of hydrogen-bond donors (Lipinski definition) is 0. The van der Waals surface area contributed by atoms with Crippen LogP contribution in [0.4, 0.5) is 0 Å². The van der Waals surface area contributed by atoms with Gasteiger partial charge in [-0.25, -0.2) is 9.78 Å². The van der Waals surface area contributed by atoms with E-state index < -0.39 is 17.5 Å². The molecule has 0 aliphatic carbocycles. The van der Waals surface area contributed by atoms with Crippen LogP contribution in [-0.4, -0.2) is 28.1 Å². The highest BCUT2D eigenvalue weighted by molar-refractivity contribution is 7.17. The summed E-state index contributed by atoms with van der Waals surface area (Å²) in [4.78, 5) is 41.7. The van der Waals surface area contributed by atoms with Crippen LogP contribution in [0.15, 0.2) is 46.8 Å². The van der Waals surface area contributed by atoms with Crippen molar-refractivity contribution >= 4 is 33.5 Å². The number of thiophene rings is 1. The highest BCUT2D eigenvalue weighted by Crippen LogP contribution is 2.21. The van der Waals surface area contributed by atoms with Gasteiger partial charge in [0.1, 0.15) is 18.0 Å². The number of benzene rings is 1. The number of carbonyl (C=O) groups excluding carboxylic acids is 2. The normalized spacial score (nSPS) is 10.8. The quantitative estimate of drug-likeness (QED) is 0.426. The molecule has 2 aromatic heterocycles. The molecule has 2 heterocycles. The molecular weight excluding hydrogens is 380 g/mol. The number of carbonyl (C=O) groups is 2. The van der Waals surface area contributed by atoms with Crippen LogP contribution in [-0.2, 0) is 27.4 Å². The number of hydrogen-bond acceptors (Lipinski definition) is 7. The van der Waals surface area contributed by atoms with Gasteiger partial charge < -0.3 is 9.47 Å². The maximum absolute atomic E-state index is 12.8.